The summed E-state index contributed by atoms with van der Waals surface area (Å²) in [7, 11) is 0. The number of nitrogens with zero attached hydrogens (tertiary/aromatic N) is 1. The van der Waals surface area contributed by atoms with Gasteiger partial charge in [0.2, 0.25) is 0 Å². The molecule has 2 rings (SSSR count). The topological polar surface area (TPSA) is 48.1 Å². The van der Waals surface area contributed by atoms with Crippen molar-refractivity contribution in [1.82, 2.24) is 4.98 Å². The van der Waals surface area contributed by atoms with Gasteiger partial charge in [-0.15, -0.1) is 0 Å². The van der Waals surface area contributed by atoms with Crippen LogP contribution in [0.2, 0.25) is 0 Å². The van der Waals surface area contributed by atoms with Crippen LogP contribution in [0.4, 0.5) is 14.6 Å². The van der Waals surface area contributed by atoms with Crippen molar-refractivity contribution in [3.8, 4) is 11.6 Å². The fourth-order valence-corrected chi connectivity index (χ4v) is 1.42. The van der Waals surface area contributed by atoms with E-state index in [2.05, 4.69) is 4.98 Å². The SMILES string of the molecule is Cc1ccc(Oc2nc(N)c(F)cc2F)cc1C. The number of aromatic nitrogens is 1. The molecule has 94 valence electrons. The molecule has 0 amide bonds. The summed E-state index contributed by atoms with van der Waals surface area (Å²) in [5, 5.41) is 0. The van der Waals surface area contributed by atoms with Crippen LogP contribution < -0.4 is 10.5 Å². The molecule has 0 spiro atoms. The van der Waals surface area contributed by atoms with E-state index in [9.17, 15) is 8.78 Å². The zero-order chi connectivity index (χ0) is 13.3. The number of hydrogen-bond donors (Lipinski definition) is 1. The van der Waals surface area contributed by atoms with Gasteiger partial charge in [-0.25, -0.2) is 8.78 Å². The van der Waals surface area contributed by atoms with E-state index in [1.807, 2.05) is 19.9 Å². The summed E-state index contributed by atoms with van der Waals surface area (Å²) in [6.07, 6.45) is 0. The molecule has 1 aromatic heterocycles. The van der Waals surface area contributed by atoms with Crippen molar-refractivity contribution < 1.29 is 13.5 Å². The Bertz CT molecular complexity index is 600. The number of anilines is 1. The number of hydrogen-bond acceptors (Lipinski definition) is 3. The van der Waals surface area contributed by atoms with Gasteiger partial charge in [-0.2, -0.15) is 4.98 Å². The van der Waals surface area contributed by atoms with E-state index in [1.54, 1.807) is 12.1 Å². The minimum absolute atomic E-state index is 0.336. The molecule has 0 unspecified atom stereocenters. The first kappa shape index (κ1) is 12.3. The lowest BCUT2D eigenvalue weighted by atomic mass is 10.1. The maximum atomic E-state index is 13.4. The van der Waals surface area contributed by atoms with Crippen molar-refractivity contribution in [3.63, 3.8) is 0 Å². The highest BCUT2D eigenvalue weighted by molar-refractivity contribution is 5.39. The second-order valence-electron chi connectivity index (χ2n) is 3.99. The molecule has 0 radical (unpaired) electrons. The van der Waals surface area contributed by atoms with Crippen LogP contribution in [0, 0.1) is 25.5 Å². The monoisotopic (exact) mass is 250 g/mol. The number of halogens is 2. The van der Waals surface area contributed by atoms with Gasteiger partial charge in [0.25, 0.3) is 5.88 Å². The molecule has 0 fully saturated rings. The van der Waals surface area contributed by atoms with E-state index < -0.39 is 17.5 Å². The van der Waals surface area contributed by atoms with Crippen molar-refractivity contribution in [2.24, 2.45) is 0 Å². The van der Waals surface area contributed by atoms with Crippen molar-refractivity contribution in [2.75, 3.05) is 5.73 Å². The molecule has 2 N–H and O–H groups in total. The zero-order valence-electron chi connectivity index (χ0n) is 10.00. The average Bonchev–Trinajstić information content (AvgIpc) is 2.31. The molecule has 3 nitrogen and oxygen atoms in total. The summed E-state index contributed by atoms with van der Waals surface area (Å²) in [5.74, 6) is -2.09. The van der Waals surface area contributed by atoms with Gasteiger partial charge in [0.15, 0.2) is 17.5 Å². The molecule has 2 aromatic rings. The number of benzene rings is 1. The van der Waals surface area contributed by atoms with Crippen LogP contribution in [-0.4, -0.2) is 4.98 Å². The summed E-state index contributed by atoms with van der Waals surface area (Å²) >= 11 is 0. The smallest absolute Gasteiger partial charge is 0.258 e. The third-order valence-electron chi connectivity index (χ3n) is 2.62. The molecule has 0 aliphatic heterocycles. The Labute approximate surface area is 103 Å². The number of nitrogen functional groups attached to an aromatic ring is 1. The van der Waals surface area contributed by atoms with Crippen LogP contribution in [0.15, 0.2) is 24.3 Å². The second kappa shape index (κ2) is 4.60. The molecule has 0 aliphatic carbocycles. The molecular weight excluding hydrogens is 238 g/mol. The quantitative estimate of drug-likeness (QED) is 0.889. The summed E-state index contributed by atoms with van der Waals surface area (Å²) in [6.45, 7) is 3.86. The Morgan fingerprint density at radius 1 is 1.06 bits per heavy atom. The Hall–Kier alpha value is -2.17. The van der Waals surface area contributed by atoms with E-state index in [-0.39, 0.29) is 5.88 Å². The molecule has 1 heterocycles. The summed E-state index contributed by atoms with van der Waals surface area (Å²) < 4.78 is 31.6. The number of aryl methyl sites for hydroxylation is 2. The molecule has 1 aromatic carbocycles. The van der Waals surface area contributed by atoms with Crippen molar-refractivity contribution in [1.29, 1.82) is 0 Å². The third-order valence-corrected chi connectivity index (χ3v) is 2.62. The first-order valence-corrected chi connectivity index (χ1v) is 5.34. The molecule has 0 bridgehead atoms. The van der Waals surface area contributed by atoms with E-state index in [0.29, 0.717) is 11.8 Å². The second-order valence-corrected chi connectivity index (χ2v) is 3.99. The Balaban J connectivity index is 2.34. The summed E-state index contributed by atoms with van der Waals surface area (Å²) in [4.78, 5) is 3.53. The molecule has 0 saturated heterocycles. The average molecular weight is 250 g/mol. The van der Waals surface area contributed by atoms with Gasteiger partial charge >= 0.3 is 0 Å². The number of nitrogens with two attached hydrogens (primary N) is 1. The highest BCUT2D eigenvalue weighted by Crippen LogP contribution is 2.26. The van der Waals surface area contributed by atoms with E-state index in [1.165, 1.54) is 0 Å². The van der Waals surface area contributed by atoms with Gasteiger partial charge in [-0.3, -0.25) is 0 Å². The van der Waals surface area contributed by atoms with Crippen LogP contribution in [0.3, 0.4) is 0 Å². The normalized spacial score (nSPS) is 10.4. The van der Waals surface area contributed by atoms with Crippen LogP contribution in [0.1, 0.15) is 11.1 Å². The number of rotatable bonds is 2. The predicted octanol–water partition coefficient (Wildman–Crippen LogP) is 3.35. The molecule has 18 heavy (non-hydrogen) atoms. The maximum absolute atomic E-state index is 13.4. The van der Waals surface area contributed by atoms with Crippen LogP contribution in [0.5, 0.6) is 11.6 Å². The standard InChI is InChI=1S/C13H12F2N2O/c1-7-3-4-9(5-8(7)2)18-13-11(15)6-10(14)12(16)17-13/h3-6H,1-2H3,(H2,16,17). The predicted molar refractivity (Wildman–Crippen MR) is 64.6 cm³/mol. The number of pyridine rings is 1. The van der Waals surface area contributed by atoms with Gasteiger partial charge in [0.05, 0.1) is 0 Å². The highest BCUT2D eigenvalue weighted by Gasteiger charge is 2.12. The zero-order valence-corrected chi connectivity index (χ0v) is 10.00. The van der Waals surface area contributed by atoms with Gasteiger partial charge in [-0.1, -0.05) is 6.07 Å². The van der Waals surface area contributed by atoms with Crippen molar-refractivity contribution in [3.05, 3.63) is 47.0 Å². The van der Waals surface area contributed by atoms with E-state index in [4.69, 9.17) is 10.5 Å². The Kier molecular flexibility index (Phi) is 3.14. The fourth-order valence-electron chi connectivity index (χ4n) is 1.42. The van der Waals surface area contributed by atoms with Crippen LogP contribution >= 0.6 is 0 Å². The Morgan fingerprint density at radius 3 is 2.44 bits per heavy atom. The van der Waals surface area contributed by atoms with E-state index in [0.717, 1.165) is 11.1 Å². The lowest BCUT2D eigenvalue weighted by molar-refractivity contribution is 0.418. The fraction of sp³-hybridized carbons (Fsp3) is 0.154. The third kappa shape index (κ3) is 2.40. The first-order chi connectivity index (χ1) is 8.47. The maximum Gasteiger partial charge on any atom is 0.258 e. The lowest BCUT2D eigenvalue weighted by Gasteiger charge is -2.08. The minimum atomic E-state index is -0.903. The first-order valence-electron chi connectivity index (χ1n) is 5.34. The molecule has 0 aliphatic rings. The van der Waals surface area contributed by atoms with Gasteiger partial charge < -0.3 is 10.5 Å². The number of ether oxygens (including phenoxy) is 1. The van der Waals surface area contributed by atoms with Gasteiger partial charge in [-0.05, 0) is 37.1 Å². The van der Waals surface area contributed by atoms with Crippen molar-refractivity contribution in [2.45, 2.75) is 13.8 Å². The Morgan fingerprint density at radius 2 is 1.78 bits per heavy atom. The minimum Gasteiger partial charge on any atom is -0.436 e. The molecule has 5 heteroatoms. The summed E-state index contributed by atoms with van der Waals surface area (Å²) in [6, 6.07) is 5.92. The molecule has 0 atom stereocenters. The van der Waals surface area contributed by atoms with Crippen LogP contribution in [0.25, 0.3) is 0 Å². The van der Waals surface area contributed by atoms with E-state index >= 15 is 0 Å². The highest BCUT2D eigenvalue weighted by atomic mass is 19.1. The van der Waals surface area contributed by atoms with Crippen molar-refractivity contribution >= 4 is 5.82 Å². The molecular formula is C13H12F2N2O. The lowest BCUT2D eigenvalue weighted by Crippen LogP contribution is -2.00. The molecule has 0 saturated carbocycles. The van der Waals surface area contributed by atoms with Crippen LogP contribution in [-0.2, 0) is 0 Å². The summed E-state index contributed by atoms with van der Waals surface area (Å²) in [5.41, 5.74) is 7.36. The largest absolute Gasteiger partial charge is 0.436 e. The van der Waals surface area contributed by atoms with Gasteiger partial charge in [0, 0.05) is 6.07 Å². The van der Waals surface area contributed by atoms with Gasteiger partial charge in [0.1, 0.15) is 5.75 Å².